The second-order valence-corrected chi connectivity index (χ2v) is 5.22. The summed E-state index contributed by atoms with van der Waals surface area (Å²) in [5, 5.41) is 10.8. The number of rotatable bonds is 2. The van der Waals surface area contributed by atoms with E-state index in [2.05, 4.69) is 30.6 Å². The van der Waals surface area contributed by atoms with Gasteiger partial charge in [0.05, 0.1) is 18.0 Å². The number of nitrogens with zero attached hydrogens (tertiary/aromatic N) is 1. The Bertz CT molecular complexity index is 341. The maximum absolute atomic E-state index is 11.6. The molecule has 2 saturated heterocycles. The van der Waals surface area contributed by atoms with Gasteiger partial charge in [-0.3, -0.25) is 15.0 Å². The van der Waals surface area contributed by atoms with Crippen LogP contribution in [0.4, 0.5) is 4.79 Å². The fourth-order valence-corrected chi connectivity index (χ4v) is 2.69. The third kappa shape index (κ3) is 2.40. The third-order valence-corrected chi connectivity index (χ3v) is 4.38. The van der Waals surface area contributed by atoms with Crippen LogP contribution < -0.4 is 5.32 Å². The van der Waals surface area contributed by atoms with Crippen molar-refractivity contribution in [3.8, 4) is 0 Å². The minimum Gasteiger partial charge on any atom is -0.394 e. The van der Waals surface area contributed by atoms with Crippen molar-refractivity contribution in [1.29, 1.82) is 0 Å². The lowest BCUT2D eigenvalue weighted by molar-refractivity contribution is -0.123. The van der Waals surface area contributed by atoms with E-state index in [-0.39, 0.29) is 29.4 Å². The monoisotopic (exact) mass is 278 g/mol. The van der Waals surface area contributed by atoms with Gasteiger partial charge in [-0.25, -0.2) is 4.79 Å². The normalized spacial score (nSPS) is 38.4. The van der Waals surface area contributed by atoms with Gasteiger partial charge in [0.15, 0.2) is 0 Å². The number of carbonyl (C=O) groups is 2. The molecular formula is C9H14N2O4S2. The third-order valence-electron chi connectivity index (χ3n) is 2.91. The number of aliphatic hydroxyl groups is 1. The molecule has 96 valence electrons. The number of thiol groups is 2. The van der Waals surface area contributed by atoms with E-state index in [1.807, 2.05) is 0 Å². The zero-order valence-corrected chi connectivity index (χ0v) is 10.7. The van der Waals surface area contributed by atoms with E-state index in [0.29, 0.717) is 6.54 Å². The lowest BCUT2D eigenvalue weighted by Crippen LogP contribution is -2.55. The Kier molecular flexibility index (Phi) is 3.86. The van der Waals surface area contributed by atoms with Gasteiger partial charge in [0, 0.05) is 18.2 Å². The van der Waals surface area contributed by atoms with Crippen LogP contribution in [-0.4, -0.2) is 57.9 Å². The molecule has 2 aliphatic rings. The maximum Gasteiger partial charge on any atom is 0.326 e. The first-order valence-corrected chi connectivity index (χ1v) is 6.30. The summed E-state index contributed by atoms with van der Waals surface area (Å²) < 4.78 is 5.53. The van der Waals surface area contributed by atoms with Crippen LogP contribution in [0.25, 0.3) is 0 Å². The Balaban J connectivity index is 2.08. The van der Waals surface area contributed by atoms with Gasteiger partial charge < -0.3 is 9.84 Å². The van der Waals surface area contributed by atoms with Crippen LogP contribution in [0.15, 0.2) is 0 Å². The zero-order chi connectivity index (χ0) is 12.6. The molecule has 0 aromatic carbocycles. The van der Waals surface area contributed by atoms with Crippen LogP contribution in [0.5, 0.6) is 0 Å². The number of nitrogens with one attached hydrogen (secondary N) is 1. The zero-order valence-electron chi connectivity index (χ0n) is 8.94. The van der Waals surface area contributed by atoms with Gasteiger partial charge in [-0.15, -0.1) is 0 Å². The Morgan fingerprint density at radius 1 is 1.41 bits per heavy atom. The summed E-state index contributed by atoms with van der Waals surface area (Å²) in [5.41, 5.74) is 0. The molecule has 17 heavy (non-hydrogen) atoms. The number of imide groups is 1. The molecule has 1 unspecified atom stereocenters. The van der Waals surface area contributed by atoms with E-state index in [1.54, 1.807) is 0 Å². The van der Waals surface area contributed by atoms with Gasteiger partial charge in [-0.1, -0.05) is 0 Å². The van der Waals surface area contributed by atoms with Gasteiger partial charge >= 0.3 is 6.03 Å². The molecule has 2 fully saturated rings. The standard InChI is InChI=1S/C9H14N2O4S2/c12-3-4-6(16)7(17)8(15-4)11-2-1-5(13)10-9(11)14/h4,6-8,12,16-17H,1-3H2,(H,10,13,14)/t4-,6+,7?,8-/m1/s1. The van der Waals surface area contributed by atoms with Crippen LogP contribution in [0.2, 0.25) is 0 Å². The molecule has 2 rings (SSSR count). The van der Waals surface area contributed by atoms with Crippen LogP contribution in [0.1, 0.15) is 6.42 Å². The lowest BCUT2D eigenvalue weighted by atomic mass is 10.2. The topological polar surface area (TPSA) is 78.9 Å². The molecule has 0 saturated carbocycles. The number of amides is 3. The summed E-state index contributed by atoms with van der Waals surface area (Å²) in [5.74, 6) is -0.291. The second-order valence-electron chi connectivity index (χ2n) is 4.03. The molecule has 0 radical (unpaired) electrons. The van der Waals surface area contributed by atoms with Crippen LogP contribution in [0, 0.1) is 0 Å². The Morgan fingerprint density at radius 3 is 2.65 bits per heavy atom. The van der Waals surface area contributed by atoms with E-state index in [1.165, 1.54) is 4.90 Å². The van der Waals surface area contributed by atoms with Gasteiger partial charge in [-0.2, -0.15) is 25.3 Å². The van der Waals surface area contributed by atoms with E-state index in [0.717, 1.165) is 0 Å². The van der Waals surface area contributed by atoms with Crippen molar-refractivity contribution in [2.75, 3.05) is 13.2 Å². The summed E-state index contributed by atoms with van der Waals surface area (Å²) in [6.45, 7) is 0.126. The number of urea groups is 1. The average Bonchev–Trinajstić information content (AvgIpc) is 2.57. The fraction of sp³-hybridized carbons (Fsp3) is 0.778. The van der Waals surface area contributed by atoms with Crippen molar-refractivity contribution in [2.45, 2.75) is 29.3 Å². The highest BCUT2D eigenvalue weighted by Gasteiger charge is 2.45. The number of hydrogen-bond donors (Lipinski definition) is 4. The highest BCUT2D eigenvalue weighted by molar-refractivity contribution is 7.85. The molecule has 0 spiro atoms. The van der Waals surface area contributed by atoms with Gasteiger partial charge in [0.1, 0.15) is 6.23 Å². The summed E-state index contributed by atoms with van der Waals surface area (Å²) in [7, 11) is 0. The van der Waals surface area contributed by atoms with Gasteiger partial charge in [-0.05, 0) is 0 Å². The summed E-state index contributed by atoms with van der Waals surface area (Å²) in [4.78, 5) is 24.1. The molecule has 0 bridgehead atoms. The second kappa shape index (κ2) is 5.05. The first kappa shape index (κ1) is 13.0. The molecule has 8 heteroatoms. The Labute approximate surface area is 109 Å². The molecule has 3 amide bonds. The van der Waals surface area contributed by atoms with Crippen molar-refractivity contribution >= 4 is 37.2 Å². The fourth-order valence-electron chi connectivity index (χ4n) is 1.96. The molecule has 4 atom stereocenters. The minimum atomic E-state index is -0.564. The van der Waals surface area contributed by atoms with E-state index in [9.17, 15) is 9.59 Å². The molecule has 0 aromatic heterocycles. The van der Waals surface area contributed by atoms with Crippen molar-refractivity contribution in [3.63, 3.8) is 0 Å². The van der Waals surface area contributed by atoms with Crippen LogP contribution in [-0.2, 0) is 9.53 Å². The number of hydrogen-bond acceptors (Lipinski definition) is 6. The molecule has 2 aliphatic heterocycles. The highest BCUT2D eigenvalue weighted by atomic mass is 32.1. The first-order valence-electron chi connectivity index (χ1n) is 5.27. The Hall–Kier alpha value is -0.440. The summed E-state index contributed by atoms with van der Waals surface area (Å²) in [6.07, 6.45) is -0.769. The minimum absolute atomic E-state index is 0.171. The van der Waals surface area contributed by atoms with Gasteiger partial charge in [0.2, 0.25) is 5.91 Å². The maximum atomic E-state index is 11.6. The van der Waals surface area contributed by atoms with Gasteiger partial charge in [0.25, 0.3) is 0 Å². The van der Waals surface area contributed by atoms with E-state index < -0.39 is 18.4 Å². The van der Waals surface area contributed by atoms with E-state index >= 15 is 0 Å². The molecule has 2 N–H and O–H groups in total. The molecule has 2 heterocycles. The molecular weight excluding hydrogens is 264 g/mol. The average molecular weight is 278 g/mol. The van der Waals surface area contributed by atoms with E-state index in [4.69, 9.17) is 9.84 Å². The highest BCUT2D eigenvalue weighted by Crippen LogP contribution is 2.32. The molecule has 6 nitrogen and oxygen atoms in total. The van der Waals surface area contributed by atoms with Crippen LogP contribution in [0.3, 0.4) is 0 Å². The van der Waals surface area contributed by atoms with Crippen molar-refractivity contribution in [3.05, 3.63) is 0 Å². The predicted molar refractivity (Wildman–Crippen MR) is 66.2 cm³/mol. The van der Waals surface area contributed by atoms with Crippen molar-refractivity contribution in [1.82, 2.24) is 10.2 Å². The number of carbonyl (C=O) groups excluding carboxylic acids is 2. The number of ether oxygens (including phenoxy) is 1. The number of aliphatic hydroxyl groups excluding tert-OH is 1. The summed E-state index contributed by atoms with van der Waals surface area (Å²) >= 11 is 8.65. The molecule has 0 aliphatic carbocycles. The smallest absolute Gasteiger partial charge is 0.326 e. The van der Waals surface area contributed by atoms with Crippen molar-refractivity contribution < 1.29 is 19.4 Å². The quantitative estimate of drug-likeness (QED) is 0.501. The SMILES string of the molecule is O=C1CCN([C@@H]2O[C@H](CO)[C@H](S)C2S)C(=O)N1. The Morgan fingerprint density at radius 2 is 2.12 bits per heavy atom. The van der Waals surface area contributed by atoms with Crippen molar-refractivity contribution in [2.24, 2.45) is 0 Å². The predicted octanol–water partition coefficient (Wildman–Crippen LogP) is -0.758. The molecule has 0 aromatic rings. The van der Waals surface area contributed by atoms with Crippen LogP contribution >= 0.6 is 25.3 Å². The first-order chi connectivity index (χ1) is 8.04. The largest absolute Gasteiger partial charge is 0.394 e. The lowest BCUT2D eigenvalue weighted by Gasteiger charge is -2.33. The summed E-state index contributed by atoms with van der Waals surface area (Å²) in [6, 6.07) is -0.482.